The Hall–Kier alpha value is -1.56. The Kier molecular flexibility index (Phi) is 4.88. The van der Waals surface area contributed by atoms with Gasteiger partial charge in [0.1, 0.15) is 23.7 Å². The minimum Gasteiger partial charge on any atom is -0.497 e. The summed E-state index contributed by atoms with van der Waals surface area (Å²) in [6.07, 6.45) is 0.471. The molecule has 0 unspecified atom stereocenters. The number of hydrogen-bond acceptors (Lipinski definition) is 5. The molecule has 5 heteroatoms. The van der Waals surface area contributed by atoms with Gasteiger partial charge < -0.3 is 24.1 Å². The number of aliphatic hydroxyl groups excluding tert-OH is 1. The Balaban J connectivity index is 1.93. The van der Waals surface area contributed by atoms with Gasteiger partial charge in [0.25, 0.3) is 0 Å². The van der Waals surface area contributed by atoms with E-state index in [9.17, 15) is 5.11 Å². The van der Waals surface area contributed by atoms with Gasteiger partial charge in [-0.25, -0.2) is 0 Å². The largest absolute Gasteiger partial charge is 0.497 e. The fourth-order valence-electron chi connectivity index (χ4n) is 2.10. The first-order chi connectivity index (χ1) is 9.89. The zero-order chi connectivity index (χ0) is 15.5. The number of benzene rings is 1. The van der Waals surface area contributed by atoms with Crippen LogP contribution in [0.1, 0.15) is 20.8 Å². The zero-order valence-corrected chi connectivity index (χ0v) is 12.8. The highest BCUT2D eigenvalue weighted by molar-refractivity contribution is 5.32. The third-order valence-corrected chi connectivity index (χ3v) is 3.16. The number of ether oxygens (including phenoxy) is 4. The summed E-state index contributed by atoms with van der Waals surface area (Å²) in [5.74, 6) is 1.40. The van der Waals surface area contributed by atoms with Gasteiger partial charge in [0.05, 0.1) is 19.5 Å². The van der Waals surface area contributed by atoms with Gasteiger partial charge in [-0.3, -0.25) is 0 Å². The van der Waals surface area contributed by atoms with Gasteiger partial charge in [0, 0.05) is 0 Å². The summed E-state index contributed by atoms with van der Waals surface area (Å²) < 4.78 is 21.8. The van der Waals surface area contributed by atoms with Crippen molar-refractivity contribution >= 4 is 0 Å². The molecule has 1 aromatic rings. The molecule has 116 valence electrons. The Bertz CT molecular complexity index is 492. The predicted octanol–water partition coefficient (Wildman–Crippen LogP) is 2.49. The summed E-state index contributed by atoms with van der Waals surface area (Å²) in [5.41, 5.74) is 0. The van der Waals surface area contributed by atoms with Crippen LogP contribution >= 0.6 is 0 Å². The third kappa shape index (κ3) is 4.46. The third-order valence-electron chi connectivity index (χ3n) is 3.16. The summed E-state index contributed by atoms with van der Waals surface area (Å²) in [4.78, 5) is 0. The fourth-order valence-corrected chi connectivity index (χ4v) is 2.10. The predicted molar refractivity (Wildman–Crippen MR) is 78.3 cm³/mol. The van der Waals surface area contributed by atoms with Crippen LogP contribution in [0.4, 0.5) is 0 Å². The topological polar surface area (TPSA) is 57.2 Å². The molecule has 1 heterocycles. The first-order valence-corrected chi connectivity index (χ1v) is 6.90. The molecule has 1 N–H and O–H groups in total. The van der Waals surface area contributed by atoms with E-state index in [4.69, 9.17) is 18.9 Å². The average Bonchev–Trinajstić information content (AvgIpc) is 2.80. The molecule has 0 aliphatic carbocycles. The molecule has 21 heavy (non-hydrogen) atoms. The van der Waals surface area contributed by atoms with Gasteiger partial charge in [-0.05, 0) is 51.1 Å². The van der Waals surface area contributed by atoms with Crippen LogP contribution in [0.3, 0.4) is 0 Å². The molecule has 0 saturated carbocycles. The molecule has 0 aromatic heterocycles. The molecule has 1 aliphatic rings. The number of hydrogen-bond donors (Lipinski definition) is 1. The molecule has 5 nitrogen and oxygen atoms in total. The molecule has 0 bridgehead atoms. The Morgan fingerprint density at radius 3 is 2.48 bits per heavy atom. The first-order valence-electron chi connectivity index (χ1n) is 6.90. The van der Waals surface area contributed by atoms with Crippen LogP contribution in [0.15, 0.2) is 36.1 Å². The summed E-state index contributed by atoms with van der Waals surface area (Å²) in [7, 11) is 1.61. The van der Waals surface area contributed by atoms with E-state index in [1.54, 1.807) is 32.2 Å². The van der Waals surface area contributed by atoms with Crippen molar-refractivity contribution in [1.82, 2.24) is 0 Å². The van der Waals surface area contributed by atoms with E-state index < -0.39 is 11.9 Å². The summed E-state index contributed by atoms with van der Waals surface area (Å²) >= 11 is 0. The maximum Gasteiger partial charge on any atom is 0.163 e. The molecule has 1 fully saturated rings. The highest BCUT2D eigenvalue weighted by Gasteiger charge is 2.36. The zero-order valence-electron chi connectivity index (χ0n) is 12.8. The van der Waals surface area contributed by atoms with Gasteiger partial charge in [-0.1, -0.05) is 0 Å². The monoisotopic (exact) mass is 294 g/mol. The standard InChI is InChI=1S/C16H22O5/c1-11(20-13-7-5-12(18-4)6-8-13)9-14(17)15-10-19-16(2,3)21-15/h5-9,14-15,17H,10H2,1-4H3/b11-9+/t14-,15-/m0/s1. The van der Waals surface area contributed by atoms with Crippen LogP contribution < -0.4 is 9.47 Å². The Morgan fingerprint density at radius 2 is 1.95 bits per heavy atom. The molecule has 2 atom stereocenters. The molecule has 1 aromatic carbocycles. The van der Waals surface area contributed by atoms with Gasteiger partial charge in [0.15, 0.2) is 5.79 Å². The van der Waals surface area contributed by atoms with Gasteiger partial charge in [-0.2, -0.15) is 0 Å². The van der Waals surface area contributed by atoms with Crippen molar-refractivity contribution < 1.29 is 24.1 Å². The van der Waals surface area contributed by atoms with Crippen molar-refractivity contribution in [2.24, 2.45) is 0 Å². The minimum absolute atomic E-state index is 0.362. The SMILES string of the molecule is COc1ccc(O/C(C)=C/[C@H](O)[C@@H]2COC(C)(C)O2)cc1. The van der Waals surface area contributed by atoms with Crippen LogP contribution in [0.5, 0.6) is 11.5 Å². The lowest BCUT2D eigenvalue weighted by atomic mass is 10.2. The lowest BCUT2D eigenvalue weighted by Gasteiger charge is -2.19. The van der Waals surface area contributed by atoms with E-state index in [1.165, 1.54) is 0 Å². The number of aliphatic hydroxyl groups is 1. The second kappa shape index (κ2) is 6.47. The Labute approximate surface area is 125 Å². The molecule has 1 aliphatic heterocycles. The maximum atomic E-state index is 10.1. The fraction of sp³-hybridized carbons (Fsp3) is 0.500. The van der Waals surface area contributed by atoms with Crippen LogP contribution in [0.2, 0.25) is 0 Å². The number of rotatable bonds is 5. The molecule has 0 amide bonds. The molecule has 1 saturated heterocycles. The second-order valence-electron chi connectivity index (χ2n) is 5.41. The van der Waals surface area contributed by atoms with Crippen molar-refractivity contribution in [3.63, 3.8) is 0 Å². The summed E-state index contributed by atoms with van der Waals surface area (Å²) in [6, 6.07) is 7.24. The van der Waals surface area contributed by atoms with Crippen molar-refractivity contribution in [3.8, 4) is 11.5 Å². The maximum absolute atomic E-state index is 10.1. The normalized spacial score (nSPS) is 22.9. The molecule has 0 radical (unpaired) electrons. The Morgan fingerprint density at radius 1 is 1.33 bits per heavy atom. The van der Waals surface area contributed by atoms with E-state index in [2.05, 4.69) is 0 Å². The molecular weight excluding hydrogens is 272 g/mol. The smallest absolute Gasteiger partial charge is 0.163 e. The quantitative estimate of drug-likeness (QED) is 0.846. The molecule has 2 rings (SSSR count). The van der Waals surface area contributed by atoms with Crippen molar-refractivity contribution in [1.29, 1.82) is 0 Å². The average molecular weight is 294 g/mol. The van der Waals surface area contributed by atoms with Gasteiger partial charge in [0.2, 0.25) is 0 Å². The number of methoxy groups -OCH3 is 1. The van der Waals surface area contributed by atoms with E-state index in [1.807, 2.05) is 26.0 Å². The summed E-state index contributed by atoms with van der Waals surface area (Å²) in [6.45, 7) is 5.79. The van der Waals surface area contributed by atoms with E-state index in [0.717, 1.165) is 5.75 Å². The van der Waals surface area contributed by atoms with E-state index >= 15 is 0 Å². The first kappa shape index (κ1) is 15.8. The molecule has 0 spiro atoms. The highest BCUT2D eigenvalue weighted by Crippen LogP contribution is 2.25. The minimum atomic E-state index is -0.773. The van der Waals surface area contributed by atoms with Crippen LogP contribution in [0.25, 0.3) is 0 Å². The van der Waals surface area contributed by atoms with Crippen molar-refractivity contribution in [2.75, 3.05) is 13.7 Å². The van der Waals surface area contributed by atoms with Crippen LogP contribution in [-0.4, -0.2) is 36.8 Å². The highest BCUT2D eigenvalue weighted by atomic mass is 16.7. The lowest BCUT2D eigenvalue weighted by Crippen LogP contribution is -2.29. The second-order valence-corrected chi connectivity index (χ2v) is 5.41. The summed E-state index contributed by atoms with van der Waals surface area (Å²) in [5, 5.41) is 10.1. The van der Waals surface area contributed by atoms with Gasteiger partial charge in [-0.15, -0.1) is 0 Å². The van der Waals surface area contributed by atoms with Crippen LogP contribution in [-0.2, 0) is 9.47 Å². The van der Waals surface area contributed by atoms with Crippen molar-refractivity contribution in [3.05, 3.63) is 36.1 Å². The van der Waals surface area contributed by atoms with E-state index in [-0.39, 0.29) is 6.10 Å². The molecular formula is C16H22O5. The number of allylic oxidation sites excluding steroid dienone is 1. The van der Waals surface area contributed by atoms with Gasteiger partial charge >= 0.3 is 0 Å². The van der Waals surface area contributed by atoms with Crippen molar-refractivity contribution in [2.45, 2.75) is 38.8 Å². The lowest BCUT2D eigenvalue weighted by molar-refractivity contribution is -0.147. The van der Waals surface area contributed by atoms with E-state index in [0.29, 0.717) is 18.1 Å². The van der Waals surface area contributed by atoms with Crippen LogP contribution in [0, 0.1) is 0 Å².